The molecule has 1 amide bonds. The maximum absolute atomic E-state index is 13.5. The highest BCUT2D eigenvalue weighted by molar-refractivity contribution is 7.10. The Hall–Kier alpha value is -3.16. The molecule has 1 aliphatic heterocycles. The minimum absolute atomic E-state index is 0.0612. The number of aromatic hydroxyl groups is 1. The van der Waals surface area contributed by atoms with E-state index in [1.54, 1.807) is 29.5 Å². The Morgan fingerprint density at radius 2 is 1.97 bits per heavy atom. The van der Waals surface area contributed by atoms with E-state index in [2.05, 4.69) is 5.10 Å². The van der Waals surface area contributed by atoms with Crippen LogP contribution in [0.2, 0.25) is 0 Å². The van der Waals surface area contributed by atoms with Crippen molar-refractivity contribution in [3.8, 4) is 11.5 Å². The molecule has 0 radical (unpaired) electrons. The molecule has 7 heteroatoms. The standard InChI is InChI=1S/C23H22N2O4S/c1-28-20-13-16(10-11-19(20)26)17-14-18(21-9-6-12-30-21)25(24-17)23(27)22(29-2)15-7-4-3-5-8-15/h3-13,18,22,26H,14H2,1-2H3. The first-order chi connectivity index (χ1) is 14.6. The molecule has 154 valence electrons. The number of hydrazone groups is 1. The molecule has 0 bridgehead atoms. The molecule has 0 aliphatic carbocycles. The molecule has 3 aromatic rings. The van der Waals surface area contributed by atoms with Crippen LogP contribution in [0.25, 0.3) is 0 Å². The first kappa shape index (κ1) is 20.1. The lowest BCUT2D eigenvalue weighted by molar-refractivity contribution is -0.144. The zero-order valence-corrected chi connectivity index (χ0v) is 17.5. The normalized spacial score (nSPS) is 16.9. The van der Waals surface area contributed by atoms with Gasteiger partial charge in [0.15, 0.2) is 17.6 Å². The first-order valence-corrected chi connectivity index (χ1v) is 10.4. The summed E-state index contributed by atoms with van der Waals surface area (Å²) in [6.45, 7) is 0. The van der Waals surface area contributed by atoms with Crippen LogP contribution in [0.3, 0.4) is 0 Å². The summed E-state index contributed by atoms with van der Waals surface area (Å²) in [6, 6.07) is 18.3. The number of hydrogen-bond acceptors (Lipinski definition) is 6. The van der Waals surface area contributed by atoms with Crippen LogP contribution >= 0.6 is 11.3 Å². The third-order valence-corrected chi connectivity index (χ3v) is 6.06. The molecule has 1 aliphatic rings. The first-order valence-electron chi connectivity index (χ1n) is 9.51. The molecule has 2 heterocycles. The van der Waals surface area contributed by atoms with Gasteiger partial charge in [0.2, 0.25) is 0 Å². The smallest absolute Gasteiger partial charge is 0.277 e. The van der Waals surface area contributed by atoms with Crippen LogP contribution in [0.1, 0.15) is 34.6 Å². The van der Waals surface area contributed by atoms with E-state index in [-0.39, 0.29) is 17.7 Å². The second kappa shape index (κ2) is 8.69. The molecule has 6 nitrogen and oxygen atoms in total. The summed E-state index contributed by atoms with van der Waals surface area (Å²) in [7, 11) is 3.03. The Balaban J connectivity index is 1.71. The zero-order valence-electron chi connectivity index (χ0n) is 16.7. The molecule has 0 saturated heterocycles. The highest BCUT2D eigenvalue weighted by atomic mass is 32.1. The van der Waals surface area contributed by atoms with E-state index in [0.29, 0.717) is 12.2 Å². The molecule has 0 fully saturated rings. The number of carbonyl (C=O) groups is 1. The summed E-state index contributed by atoms with van der Waals surface area (Å²) in [5, 5.41) is 18.1. The van der Waals surface area contributed by atoms with Crippen LogP contribution in [-0.4, -0.2) is 36.0 Å². The Bertz CT molecular complexity index is 1050. The predicted molar refractivity (Wildman–Crippen MR) is 116 cm³/mol. The quantitative estimate of drug-likeness (QED) is 0.634. The number of methoxy groups -OCH3 is 2. The highest BCUT2D eigenvalue weighted by Gasteiger charge is 2.37. The van der Waals surface area contributed by atoms with E-state index in [9.17, 15) is 9.90 Å². The Morgan fingerprint density at radius 1 is 1.17 bits per heavy atom. The third-order valence-electron chi connectivity index (χ3n) is 5.08. The van der Waals surface area contributed by atoms with Crippen molar-refractivity contribution in [3.05, 3.63) is 82.0 Å². The highest BCUT2D eigenvalue weighted by Crippen LogP contribution is 2.38. The number of amides is 1. The lowest BCUT2D eigenvalue weighted by Gasteiger charge is -2.25. The number of benzene rings is 2. The fraction of sp³-hybridized carbons (Fsp3) is 0.217. The minimum Gasteiger partial charge on any atom is -0.504 e. The summed E-state index contributed by atoms with van der Waals surface area (Å²) >= 11 is 1.59. The van der Waals surface area contributed by atoms with Crippen molar-refractivity contribution in [2.24, 2.45) is 5.10 Å². The molecular formula is C23H22N2O4S. The summed E-state index contributed by atoms with van der Waals surface area (Å²) in [4.78, 5) is 14.5. The van der Waals surface area contributed by atoms with Crippen molar-refractivity contribution in [3.63, 3.8) is 0 Å². The number of ether oxygens (including phenoxy) is 2. The molecule has 0 saturated carbocycles. The van der Waals surface area contributed by atoms with Crippen molar-refractivity contribution < 1.29 is 19.4 Å². The average molecular weight is 423 g/mol. The van der Waals surface area contributed by atoms with Crippen LogP contribution in [0.4, 0.5) is 0 Å². The minimum atomic E-state index is -0.744. The topological polar surface area (TPSA) is 71.4 Å². The fourth-order valence-electron chi connectivity index (χ4n) is 3.58. The SMILES string of the molecule is COc1cc(C2=NN(C(=O)C(OC)c3ccccc3)C(c3cccs3)C2)ccc1O. The lowest BCUT2D eigenvalue weighted by Crippen LogP contribution is -2.32. The number of phenolic OH excluding ortho intramolecular Hbond substituents is 1. The van der Waals surface area contributed by atoms with Crippen molar-refractivity contribution in [2.45, 2.75) is 18.6 Å². The van der Waals surface area contributed by atoms with Crippen LogP contribution in [-0.2, 0) is 9.53 Å². The molecule has 1 N–H and O–H groups in total. The Labute approximate surface area is 179 Å². The van der Waals surface area contributed by atoms with Gasteiger partial charge in [-0.25, -0.2) is 5.01 Å². The van der Waals surface area contributed by atoms with Gasteiger partial charge in [-0.2, -0.15) is 5.10 Å². The third kappa shape index (κ3) is 3.81. The van der Waals surface area contributed by atoms with Crippen LogP contribution < -0.4 is 4.74 Å². The van der Waals surface area contributed by atoms with Crippen LogP contribution in [0.5, 0.6) is 11.5 Å². The number of carbonyl (C=O) groups excluding carboxylic acids is 1. The van der Waals surface area contributed by atoms with Crippen LogP contribution in [0.15, 0.2) is 71.1 Å². The number of rotatable bonds is 6. The second-order valence-corrected chi connectivity index (χ2v) is 7.86. The van der Waals surface area contributed by atoms with Gasteiger partial charge in [0.25, 0.3) is 5.91 Å². The van der Waals surface area contributed by atoms with Gasteiger partial charge in [-0.3, -0.25) is 4.79 Å². The van der Waals surface area contributed by atoms with E-state index >= 15 is 0 Å². The van der Waals surface area contributed by atoms with E-state index in [1.807, 2.05) is 47.8 Å². The molecule has 30 heavy (non-hydrogen) atoms. The molecular weight excluding hydrogens is 400 g/mol. The van der Waals surface area contributed by atoms with Gasteiger partial charge in [0.1, 0.15) is 0 Å². The van der Waals surface area contributed by atoms with E-state index < -0.39 is 6.10 Å². The molecule has 2 atom stereocenters. The number of phenols is 1. The van der Waals surface area contributed by atoms with Gasteiger partial charge in [-0.05, 0) is 35.2 Å². The van der Waals surface area contributed by atoms with Crippen molar-refractivity contribution >= 4 is 23.0 Å². The van der Waals surface area contributed by atoms with Gasteiger partial charge >= 0.3 is 0 Å². The van der Waals surface area contributed by atoms with Gasteiger partial charge in [0.05, 0.1) is 18.9 Å². The lowest BCUT2D eigenvalue weighted by atomic mass is 10.0. The number of hydrogen-bond donors (Lipinski definition) is 1. The molecule has 1 aromatic heterocycles. The van der Waals surface area contributed by atoms with Crippen molar-refractivity contribution in [1.29, 1.82) is 0 Å². The zero-order chi connectivity index (χ0) is 21.1. The van der Waals surface area contributed by atoms with Crippen molar-refractivity contribution in [2.75, 3.05) is 14.2 Å². The summed E-state index contributed by atoms with van der Waals surface area (Å²) in [6.07, 6.45) is -0.183. The van der Waals surface area contributed by atoms with Gasteiger partial charge in [-0.15, -0.1) is 11.3 Å². The largest absolute Gasteiger partial charge is 0.504 e. The van der Waals surface area contributed by atoms with Gasteiger partial charge < -0.3 is 14.6 Å². The Morgan fingerprint density at radius 3 is 2.63 bits per heavy atom. The van der Waals surface area contributed by atoms with Crippen molar-refractivity contribution in [1.82, 2.24) is 5.01 Å². The number of thiophene rings is 1. The summed E-state index contributed by atoms with van der Waals surface area (Å²) in [5.41, 5.74) is 2.34. The fourth-order valence-corrected chi connectivity index (χ4v) is 4.39. The maximum Gasteiger partial charge on any atom is 0.277 e. The van der Waals surface area contributed by atoms with E-state index in [1.165, 1.54) is 19.2 Å². The average Bonchev–Trinajstić information content (AvgIpc) is 3.45. The predicted octanol–water partition coefficient (Wildman–Crippen LogP) is 4.53. The van der Waals surface area contributed by atoms with E-state index in [4.69, 9.17) is 9.47 Å². The monoisotopic (exact) mass is 422 g/mol. The maximum atomic E-state index is 13.5. The molecule has 0 spiro atoms. The molecule has 2 unspecified atom stereocenters. The second-order valence-electron chi connectivity index (χ2n) is 6.88. The van der Waals surface area contributed by atoms with Gasteiger partial charge in [-0.1, -0.05) is 36.4 Å². The van der Waals surface area contributed by atoms with E-state index in [0.717, 1.165) is 21.7 Å². The van der Waals surface area contributed by atoms with Gasteiger partial charge in [0, 0.05) is 24.0 Å². The Kier molecular flexibility index (Phi) is 5.83. The molecule has 2 aromatic carbocycles. The molecule has 4 rings (SSSR count). The summed E-state index contributed by atoms with van der Waals surface area (Å²) in [5.74, 6) is 0.209. The summed E-state index contributed by atoms with van der Waals surface area (Å²) < 4.78 is 10.8. The number of nitrogens with zero attached hydrogens (tertiary/aromatic N) is 2. The van der Waals surface area contributed by atoms with Crippen LogP contribution in [0, 0.1) is 0 Å².